The van der Waals surface area contributed by atoms with Gasteiger partial charge in [0, 0.05) is 95.1 Å². The summed E-state index contributed by atoms with van der Waals surface area (Å²) in [5.74, 6) is -11.4. The molecule has 0 radical (unpaired) electrons. The van der Waals surface area contributed by atoms with Crippen LogP contribution in [0.1, 0.15) is 70.7 Å². The molecule has 0 fully saturated rings. The first-order valence-electron chi connectivity index (χ1n) is 32.8. The lowest BCUT2D eigenvalue weighted by Gasteiger charge is -2.26. The molecule has 0 bridgehead atoms. The van der Waals surface area contributed by atoms with Gasteiger partial charge in [-0.2, -0.15) is 24.4 Å². The van der Waals surface area contributed by atoms with Gasteiger partial charge in [0.2, 0.25) is 76.8 Å². The molecule has 3 heterocycles. The standard InChI is InChI=1S/C65H92N18O16S4/c1-33(2)55(64(98)80-45(57(66)91)21-37-24-70-42-14-10-8-12-40(37)42)83-53(88)30-74-59(93)44(16-17-54(89)90)78-51(86)28-72-50(85)27-73-60(94)48(23-39-26-68-32-76-39)82-63(97)47(22-38-25-71-43-15-11-9-13-41(38)43)81-58(92)35(4)77-62(96)46(20-34(3)101-7)79-52(87)29-75-61(95)49(67-6)31-103-102-19-18-69-65(99)56(100)36(5)84/h8-15,24-26,32-36,44-49,55-56,67,70-71,84,100H,16-23,27-31H2,1-7H3,(H2,66,91)(H,68,76)(H,69,99)(H,72,85)(H,73,94)(H,74,93)(H,75,95)(H,77,96)(H,78,86)(H,79,87)(H,80,98)(H,81,92)(H,82,97)(H,83,88)(H,89,90)/t34-,35+,36-,44+,45+,46+,47+,48+,49+,55?,56+/m1/s1. The van der Waals surface area contributed by atoms with Crippen LogP contribution in [0.4, 0.5) is 0 Å². The van der Waals surface area contributed by atoms with Crippen molar-refractivity contribution in [2.24, 2.45) is 11.7 Å². The van der Waals surface area contributed by atoms with E-state index in [2.05, 4.69) is 102 Å². The third kappa shape index (κ3) is 28.4. The van der Waals surface area contributed by atoms with Crippen LogP contribution in [0.2, 0.25) is 0 Å². The van der Waals surface area contributed by atoms with Gasteiger partial charge in [-0.05, 0) is 69.2 Å². The van der Waals surface area contributed by atoms with Crippen molar-refractivity contribution in [3.63, 3.8) is 0 Å². The number of carbonyl (C=O) groups excluding carboxylic acids is 13. The summed E-state index contributed by atoms with van der Waals surface area (Å²) in [5, 5.41) is 52.7. The number of para-hydroxylation sites is 2. The Labute approximate surface area is 611 Å². The van der Waals surface area contributed by atoms with Gasteiger partial charge in [-0.15, -0.1) is 0 Å². The smallest absolute Gasteiger partial charge is 0.303 e. The zero-order valence-corrected chi connectivity index (χ0v) is 61.2. The van der Waals surface area contributed by atoms with E-state index in [0.29, 0.717) is 40.0 Å². The molecule has 5 rings (SSSR count). The Kier molecular flexibility index (Phi) is 35.1. The number of carbonyl (C=O) groups is 14. The van der Waals surface area contributed by atoms with Gasteiger partial charge in [-0.1, -0.05) is 78.8 Å². The van der Waals surface area contributed by atoms with Gasteiger partial charge in [0.1, 0.15) is 47.5 Å². The minimum atomic E-state index is -1.55. The number of hydrogen-bond acceptors (Lipinski definition) is 21. The highest BCUT2D eigenvalue weighted by Crippen LogP contribution is 2.23. The van der Waals surface area contributed by atoms with Crippen molar-refractivity contribution in [2.75, 3.05) is 57.5 Å². The summed E-state index contributed by atoms with van der Waals surface area (Å²) in [4.78, 5) is 199. The summed E-state index contributed by atoms with van der Waals surface area (Å²) < 4.78 is 0. The van der Waals surface area contributed by atoms with E-state index in [1.165, 1.54) is 59.7 Å². The van der Waals surface area contributed by atoms with E-state index in [-0.39, 0.29) is 36.7 Å². The molecular weight excluding hydrogens is 1420 g/mol. The molecule has 562 valence electrons. The van der Waals surface area contributed by atoms with Gasteiger partial charge in [-0.3, -0.25) is 67.1 Å². The third-order valence-corrected chi connectivity index (χ3v) is 20.0. The Hall–Kier alpha value is -9.37. The van der Waals surface area contributed by atoms with Crippen molar-refractivity contribution in [2.45, 2.75) is 138 Å². The first kappa shape index (κ1) is 84.3. The molecule has 5 aromatic rings. The van der Waals surface area contributed by atoms with Crippen molar-refractivity contribution in [3.8, 4) is 0 Å². The fourth-order valence-corrected chi connectivity index (χ4v) is 12.7. The van der Waals surface area contributed by atoms with E-state index in [0.717, 1.165) is 10.9 Å². The number of H-pyrrole nitrogens is 3. The molecule has 11 atom stereocenters. The minimum Gasteiger partial charge on any atom is -0.481 e. The van der Waals surface area contributed by atoms with Gasteiger partial charge in [0.15, 0.2) is 0 Å². The van der Waals surface area contributed by atoms with Crippen LogP contribution in [0.3, 0.4) is 0 Å². The molecule has 38 heteroatoms. The summed E-state index contributed by atoms with van der Waals surface area (Å²) in [5.41, 5.74) is 8.82. The number of rotatable bonds is 45. The third-order valence-electron chi connectivity index (χ3n) is 15.9. The molecular formula is C65H92N18O16S4. The van der Waals surface area contributed by atoms with Crippen molar-refractivity contribution in [1.29, 1.82) is 0 Å². The summed E-state index contributed by atoms with van der Waals surface area (Å²) in [7, 11) is 4.32. The molecule has 103 heavy (non-hydrogen) atoms. The number of aliphatic hydroxyl groups excluding tert-OH is 1. The highest BCUT2D eigenvalue weighted by atomic mass is 33.1. The lowest BCUT2D eigenvalue weighted by Crippen LogP contribution is -2.59. The second kappa shape index (κ2) is 42.9. The Morgan fingerprint density at radius 1 is 0.553 bits per heavy atom. The number of benzene rings is 2. The predicted octanol–water partition coefficient (Wildman–Crippen LogP) is -2.81. The molecule has 0 saturated heterocycles. The quantitative estimate of drug-likeness (QED) is 0.0106. The summed E-state index contributed by atoms with van der Waals surface area (Å²) >= 11 is 5.49. The molecule has 0 aliphatic carbocycles. The zero-order chi connectivity index (χ0) is 75.9. The SMILES string of the molecule is CN[C@@H](CSSCCNC(=O)[C@@H](S)[C@@H](C)O)C(=O)NCC(=O)N[C@@H](C[C@@H](C)SC)C(=O)N[C@@H](C)C(=O)N[C@@H](Cc1c[nH]c2ccccc12)C(=O)N[C@@H](Cc1cnc[nH]1)C(=O)NCC(=O)NCC(=O)N[C@@H](CCC(=O)O)C(=O)NCC(=O)NC(C(=O)N[C@@H](Cc1c[nH]c2ccccc12)C(N)=O)C(C)C. The number of imidazole rings is 1. The number of nitrogens with one attached hydrogen (secondary N) is 16. The van der Waals surface area contributed by atoms with Crippen LogP contribution in [0, 0.1) is 5.92 Å². The number of amides is 13. The van der Waals surface area contributed by atoms with E-state index in [1.807, 2.05) is 37.4 Å². The van der Waals surface area contributed by atoms with Gasteiger partial charge < -0.3 is 100 Å². The minimum absolute atomic E-state index is 0.0363. The molecule has 0 aliphatic heterocycles. The highest BCUT2D eigenvalue weighted by molar-refractivity contribution is 8.76. The number of hydrogen-bond donors (Lipinski definition) is 20. The monoisotopic (exact) mass is 1510 g/mol. The fraction of sp³-hybridized carbons (Fsp3) is 0.492. The summed E-state index contributed by atoms with van der Waals surface area (Å²) in [6, 6.07) is 4.38. The zero-order valence-electron chi connectivity index (χ0n) is 57.9. The maximum Gasteiger partial charge on any atom is 0.303 e. The maximum absolute atomic E-state index is 14.6. The second-order valence-corrected chi connectivity index (χ2v) is 28.8. The van der Waals surface area contributed by atoms with Crippen LogP contribution in [0.25, 0.3) is 21.8 Å². The number of aromatic nitrogens is 4. The molecule has 34 nitrogen and oxygen atoms in total. The number of aliphatic carboxylic acids is 1. The molecule has 0 spiro atoms. The van der Waals surface area contributed by atoms with Gasteiger partial charge >= 0.3 is 5.97 Å². The topological polar surface area (TPSA) is 522 Å². The maximum atomic E-state index is 14.6. The average Bonchev–Trinajstić information content (AvgIpc) is 1.71. The van der Waals surface area contributed by atoms with E-state index in [4.69, 9.17) is 5.73 Å². The number of primary amides is 1. The molecule has 13 amide bonds. The predicted molar refractivity (Wildman–Crippen MR) is 391 cm³/mol. The Morgan fingerprint density at radius 2 is 1.07 bits per heavy atom. The molecule has 0 aliphatic rings. The second-order valence-electron chi connectivity index (χ2n) is 24.3. The van der Waals surface area contributed by atoms with Crippen LogP contribution in [0.5, 0.6) is 0 Å². The summed E-state index contributed by atoms with van der Waals surface area (Å²) in [6.07, 6.45) is 5.60. The number of likely N-dealkylation sites (N-methyl/N-ethyl adjacent to an activating group) is 1. The number of nitrogens with two attached hydrogens (primary N) is 1. The van der Waals surface area contributed by atoms with Gasteiger partial charge in [0.05, 0.1) is 44.7 Å². The Bertz CT molecular complexity index is 3740. The van der Waals surface area contributed by atoms with E-state index in [1.54, 1.807) is 57.6 Å². The molecule has 1 unspecified atom stereocenters. The van der Waals surface area contributed by atoms with E-state index >= 15 is 0 Å². The highest BCUT2D eigenvalue weighted by Gasteiger charge is 2.34. The lowest BCUT2D eigenvalue weighted by atomic mass is 10.0. The van der Waals surface area contributed by atoms with Crippen LogP contribution in [-0.4, -0.2) is 235 Å². The molecule has 20 N–H and O–H groups in total. The van der Waals surface area contributed by atoms with E-state index < -0.39 is 187 Å². The normalized spacial score (nSPS) is 14.4. The van der Waals surface area contributed by atoms with E-state index in [9.17, 15) is 77.3 Å². The molecule has 2 aromatic carbocycles. The van der Waals surface area contributed by atoms with Crippen molar-refractivity contribution in [3.05, 3.63) is 90.3 Å². The number of nitrogens with zero attached hydrogens (tertiary/aromatic N) is 1. The number of thiol groups is 1. The van der Waals surface area contributed by atoms with Crippen molar-refractivity contribution in [1.82, 2.24) is 89.1 Å². The Balaban J connectivity index is 1.17. The fourth-order valence-electron chi connectivity index (χ4n) is 10.1. The first-order chi connectivity index (χ1) is 49.0. The lowest BCUT2D eigenvalue weighted by molar-refractivity contribution is -0.138. The van der Waals surface area contributed by atoms with Crippen molar-refractivity contribution >= 4 is 151 Å². The molecule has 3 aromatic heterocycles. The number of carboxylic acid groups (broad SMARTS) is 1. The van der Waals surface area contributed by atoms with Crippen molar-refractivity contribution < 1.29 is 77.3 Å². The van der Waals surface area contributed by atoms with Crippen LogP contribution >= 0.6 is 46.0 Å². The summed E-state index contributed by atoms with van der Waals surface area (Å²) in [6.45, 7) is 5.39. The van der Waals surface area contributed by atoms with Crippen LogP contribution in [-0.2, 0) is 86.4 Å². The number of aliphatic hydroxyl groups is 1. The Morgan fingerprint density at radius 3 is 1.62 bits per heavy atom. The number of fused-ring (bicyclic) bond motifs is 2. The largest absolute Gasteiger partial charge is 0.481 e. The van der Waals surface area contributed by atoms with Crippen LogP contribution in [0.15, 0.2) is 73.4 Å². The number of aromatic amines is 3. The first-order valence-corrected chi connectivity index (χ1v) is 37.1. The number of carboxylic acids is 1. The van der Waals surface area contributed by atoms with Gasteiger partial charge in [-0.25, -0.2) is 4.98 Å². The number of thioether (sulfide) groups is 1. The van der Waals surface area contributed by atoms with Gasteiger partial charge in [0.25, 0.3) is 0 Å². The average molecular weight is 1510 g/mol. The van der Waals surface area contributed by atoms with Crippen LogP contribution < -0.4 is 74.9 Å². The molecule has 0 saturated carbocycles.